The fourth-order valence-electron chi connectivity index (χ4n) is 1.84. The van der Waals surface area contributed by atoms with Crippen molar-refractivity contribution in [3.63, 3.8) is 0 Å². The zero-order valence-corrected chi connectivity index (χ0v) is 10.7. The number of rotatable bonds is 6. The number of hydrogen-bond acceptors (Lipinski definition) is 4. The Morgan fingerprint density at radius 3 is 2.78 bits per heavy atom. The van der Waals surface area contributed by atoms with Crippen LogP contribution in [0.1, 0.15) is 30.2 Å². The first kappa shape index (κ1) is 13.0. The number of aliphatic carboxylic acids is 1. The zero-order valence-electron chi connectivity index (χ0n) is 9.83. The molecule has 0 bridgehead atoms. The second kappa shape index (κ2) is 5.49. The summed E-state index contributed by atoms with van der Waals surface area (Å²) in [6.45, 7) is 0. The van der Waals surface area contributed by atoms with Gasteiger partial charge in [-0.05, 0) is 30.2 Å². The highest BCUT2D eigenvalue weighted by atomic mass is 32.1. The minimum Gasteiger partial charge on any atom is -0.479 e. The predicted octanol–water partition coefficient (Wildman–Crippen LogP) is 1.12. The van der Waals surface area contributed by atoms with Crippen molar-refractivity contribution >= 4 is 23.2 Å². The minimum absolute atomic E-state index is 0.150. The fourth-order valence-corrected chi connectivity index (χ4v) is 2.60. The number of nitrogens with two attached hydrogens (primary N) is 1. The van der Waals surface area contributed by atoms with Gasteiger partial charge < -0.3 is 16.2 Å². The van der Waals surface area contributed by atoms with E-state index < -0.39 is 12.0 Å². The van der Waals surface area contributed by atoms with Crippen molar-refractivity contribution in [1.82, 2.24) is 5.32 Å². The molecule has 1 aliphatic rings. The van der Waals surface area contributed by atoms with E-state index in [-0.39, 0.29) is 18.4 Å². The summed E-state index contributed by atoms with van der Waals surface area (Å²) in [5, 5.41) is 13.4. The third-order valence-corrected chi connectivity index (χ3v) is 3.97. The van der Waals surface area contributed by atoms with E-state index >= 15 is 0 Å². The van der Waals surface area contributed by atoms with E-state index in [1.165, 1.54) is 11.3 Å². The lowest BCUT2D eigenvalue weighted by Crippen LogP contribution is -2.37. The Kier molecular flexibility index (Phi) is 3.98. The van der Waals surface area contributed by atoms with Crippen molar-refractivity contribution in [2.75, 3.05) is 0 Å². The first-order valence-corrected chi connectivity index (χ1v) is 6.77. The van der Waals surface area contributed by atoms with Gasteiger partial charge in [-0.25, -0.2) is 4.79 Å². The molecule has 0 radical (unpaired) electrons. The highest BCUT2D eigenvalue weighted by molar-refractivity contribution is 7.10. The van der Waals surface area contributed by atoms with Crippen LogP contribution in [0.4, 0.5) is 0 Å². The number of carboxylic acids is 1. The molecule has 5 nitrogen and oxygen atoms in total. The molecule has 6 heteroatoms. The molecule has 1 aromatic rings. The molecule has 2 atom stereocenters. The summed E-state index contributed by atoms with van der Waals surface area (Å²) in [5.41, 5.74) is 5.84. The summed E-state index contributed by atoms with van der Waals surface area (Å²) in [6, 6.07) is 2.34. The Labute approximate surface area is 109 Å². The topological polar surface area (TPSA) is 92.4 Å². The Hall–Kier alpha value is -1.40. The normalized spacial score (nSPS) is 18.1. The monoisotopic (exact) mass is 268 g/mol. The van der Waals surface area contributed by atoms with Gasteiger partial charge in [0.25, 0.3) is 0 Å². The van der Waals surface area contributed by atoms with Gasteiger partial charge in [-0.15, -0.1) is 11.3 Å². The summed E-state index contributed by atoms with van der Waals surface area (Å²) in [4.78, 5) is 23.5. The molecule has 0 saturated heterocycles. The van der Waals surface area contributed by atoms with E-state index in [1.54, 1.807) is 17.5 Å². The molecule has 0 spiro atoms. The largest absolute Gasteiger partial charge is 0.479 e. The lowest BCUT2D eigenvalue weighted by atomic mass is 10.1. The highest BCUT2D eigenvalue weighted by Crippen LogP contribution is 2.32. The molecule has 1 heterocycles. The van der Waals surface area contributed by atoms with E-state index in [1.807, 2.05) is 0 Å². The van der Waals surface area contributed by atoms with Crippen LogP contribution in [0.15, 0.2) is 17.5 Å². The molecule has 0 aliphatic heterocycles. The third kappa shape index (κ3) is 3.30. The van der Waals surface area contributed by atoms with Gasteiger partial charge in [0.1, 0.15) is 0 Å². The summed E-state index contributed by atoms with van der Waals surface area (Å²) in [5.74, 6) is -0.915. The van der Waals surface area contributed by atoms with E-state index in [9.17, 15) is 9.59 Å². The van der Waals surface area contributed by atoms with Gasteiger partial charge >= 0.3 is 5.97 Å². The summed E-state index contributed by atoms with van der Waals surface area (Å²) in [6.07, 6.45) is 2.34. The number of amides is 1. The summed E-state index contributed by atoms with van der Waals surface area (Å²) in [7, 11) is 0. The first-order chi connectivity index (χ1) is 8.58. The standard InChI is InChI=1S/C12H16N2O3S/c13-8(7-3-4-7)6-10(15)14-11(12(16)17)9-2-1-5-18-9/h1-2,5,7-8,11H,3-4,6,13H2,(H,14,15)(H,16,17). The molecular formula is C12H16N2O3S. The van der Waals surface area contributed by atoms with Crippen LogP contribution in [0.2, 0.25) is 0 Å². The predicted molar refractivity (Wildman–Crippen MR) is 68.2 cm³/mol. The van der Waals surface area contributed by atoms with Crippen LogP contribution in [0, 0.1) is 5.92 Å². The van der Waals surface area contributed by atoms with Gasteiger partial charge in [0.05, 0.1) is 0 Å². The smallest absolute Gasteiger partial charge is 0.331 e. The molecule has 4 N–H and O–H groups in total. The molecule has 2 unspecified atom stereocenters. The molecule has 1 saturated carbocycles. The Morgan fingerprint density at radius 1 is 1.56 bits per heavy atom. The molecule has 1 aromatic heterocycles. The maximum Gasteiger partial charge on any atom is 0.331 e. The van der Waals surface area contributed by atoms with Crippen LogP contribution >= 0.6 is 11.3 Å². The van der Waals surface area contributed by atoms with Crippen molar-refractivity contribution in [3.05, 3.63) is 22.4 Å². The second-order valence-corrected chi connectivity index (χ2v) is 5.54. The quantitative estimate of drug-likeness (QED) is 0.720. The van der Waals surface area contributed by atoms with E-state index in [4.69, 9.17) is 10.8 Å². The van der Waals surface area contributed by atoms with Crippen LogP contribution in [0.3, 0.4) is 0 Å². The van der Waals surface area contributed by atoms with Gasteiger partial charge in [-0.2, -0.15) is 0 Å². The number of carboxylic acid groups (broad SMARTS) is 1. The lowest BCUT2D eigenvalue weighted by Gasteiger charge is -2.15. The van der Waals surface area contributed by atoms with E-state index in [0.29, 0.717) is 10.8 Å². The van der Waals surface area contributed by atoms with Crippen molar-refractivity contribution in [1.29, 1.82) is 0 Å². The van der Waals surface area contributed by atoms with Crippen molar-refractivity contribution in [2.45, 2.75) is 31.3 Å². The molecular weight excluding hydrogens is 252 g/mol. The Bertz CT molecular complexity index is 429. The number of thiophene rings is 1. The SMILES string of the molecule is NC(CC(=O)NC(C(=O)O)c1cccs1)C1CC1. The van der Waals surface area contributed by atoms with Crippen molar-refractivity contribution in [3.8, 4) is 0 Å². The van der Waals surface area contributed by atoms with E-state index in [2.05, 4.69) is 5.32 Å². The van der Waals surface area contributed by atoms with Gasteiger partial charge in [0, 0.05) is 17.3 Å². The number of hydrogen-bond donors (Lipinski definition) is 3. The molecule has 98 valence electrons. The van der Waals surface area contributed by atoms with Gasteiger partial charge in [-0.3, -0.25) is 4.79 Å². The highest BCUT2D eigenvalue weighted by Gasteiger charge is 2.31. The molecule has 1 fully saturated rings. The van der Waals surface area contributed by atoms with Gasteiger partial charge in [0.15, 0.2) is 6.04 Å². The maximum absolute atomic E-state index is 11.7. The molecule has 1 amide bonds. The van der Waals surface area contributed by atoms with Crippen molar-refractivity contribution in [2.24, 2.45) is 11.7 Å². The third-order valence-electron chi connectivity index (χ3n) is 3.03. The van der Waals surface area contributed by atoms with Gasteiger partial charge in [0.2, 0.25) is 5.91 Å². The van der Waals surface area contributed by atoms with Crippen molar-refractivity contribution < 1.29 is 14.7 Å². The Balaban J connectivity index is 1.92. The van der Waals surface area contributed by atoms with Crippen LogP contribution < -0.4 is 11.1 Å². The number of carbonyl (C=O) groups is 2. The minimum atomic E-state index is -1.05. The molecule has 1 aliphatic carbocycles. The summed E-state index contributed by atoms with van der Waals surface area (Å²) < 4.78 is 0. The Morgan fingerprint density at radius 2 is 2.28 bits per heavy atom. The van der Waals surface area contributed by atoms with Crippen LogP contribution in [-0.2, 0) is 9.59 Å². The van der Waals surface area contributed by atoms with Crippen LogP contribution in [0.5, 0.6) is 0 Å². The van der Waals surface area contributed by atoms with Crippen LogP contribution in [-0.4, -0.2) is 23.0 Å². The molecule has 0 aromatic carbocycles. The van der Waals surface area contributed by atoms with Gasteiger partial charge in [-0.1, -0.05) is 6.07 Å². The average Bonchev–Trinajstić information content (AvgIpc) is 3.03. The number of carbonyl (C=O) groups excluding carboxylic acids is 1. The van der Waals surface area contributed by atoms with Crippen LogP contribution in [0.25, 0.3) is 0 Å². The maximum atomic E-state index is 11.7. The summed E-state index contributed by atoms with van der Waals surface area (Å²) >= 11 is 1.31. The average molecular weight is 268 g/mol. The number of nitrogens with one attached hydrogen (secondary N) is 1. The molecule has 18 heavy (non-hydrogen) atoms. The zero-order chi connectivity index (χ0) is 13.1. The second-order valence-electron chi connectivity index (χ2n) is 4.56. The molecule has 2 rings (SSSR count). The first-order valence-electron chi connectivity index (χ1n) is 5.89. The van der Waals surface area contributed by atoms with E-state index in [0.717, 1.165) is 12.8 Å². The lowest BCUT2D eigenvalue weighted by molar-refractivity contribution is -0.142. The fraction of sp³-hybridized carbons (Fsp3) is 0.500.